The molecule has 0 saturated carbocycles. The summed E-state index contributed by atoms with van der Waals surface area (Å²) < 4.78 is 12.2. The maximum absolute atomic E-state index is 13.9. The van der Waals surface area contributed by atoms with E-state index in [2.05, 4.69) is 149 Å². The Balaban J connectivity index is 0.000000514. The number of esters is 2. The second-order valence-corrected chi connectivity index (χ2v) is 35.2. The van der Waals surface area contributed by atoms with E-state index in [1.54, 1.807) is 0 Å². The number of carbonyl (C=O) groups excluding carboxylic acids is 2. The van der Waals surface area contributed by atoms with Crippen LogP contribution in [0.5, 0.6) is 0 Å². The highest BCUT2D eigenvalue weighted by Crippen LogP contribution is 2.60. The summed E-state index contributed by atoms with van der Waals surface area (Å²) in [5.74, 6) is -3.18. The van der Waals surface area contributed by atoms with E-state index in [0.717, 1.165) is 116 Å². The molecule has 0 amide bonds. The number of ether oxygens (including phenoxy) is 2. The van der Waals surface area contributed by atoms with Crippen LogP contribution in [0.15, 0.2) is 0 Å². The third kappa shape index (κ3) is 27.2. The van der Waals surface area contributed by atoms with Gasteiger partial charge >= 0.3 is 23.9 Å². The van der Waals surface area contributed by atoms with Gasteiger partial charge in [0.05, 0.1) is 49.3 Å². The fraction of sp³-hybridized carbons (Fsp3) is 0.951. The van der Waals surface area contributed by atoms with Crippen molar-refractivity contribution in [2.45, 2.75) is 458 Å². The van der Waals surface area contributed by atoms with Crippen LogP contribution in [-0.4, -0.2) is 137 Å². The second-order valence-electron chi connectivity index (χ2n) is 35.2. The lowest BCUT2D eigenvalue weighted by molar-refractivity contribution is -0.327. The molecule has 4 aliphatic heterocycles. The van der Waals surface area contributed by atoms with Crippen molar-refractivity contribution in [3.05, 3.63) is 0 Å². The van der Waals surface area contributed by atoms with Crippen LogP contribution in [0.4, 0.5) is 0 Å². The summed E-state index contributed by atoms with van der Waals surface area (Å²) in [6, 6.07) is 0. The van der Waals surface area contributed by atoms with Crippen LogP contribution >= 0.6 is 0 Å². The standard InChI is InChI=1S/C44H84N2O6.C38H72N2O6/c1-11-13-15-17-23-27-35-49-45-41(3,4)33-31-37(43(45,7)8)51-39(47)29-25-21-19-20-22-26-30-40(48)52-38-32-34-42(5,6)46(44(38,9)10)50-36-28-24-18-16-14-12-2;1-11-13-15-17-19-21-27-45-39-34(3,4)25-23-30(36(39,7)8)38(33(43)44,29-32(41)42)31-24-26-35(5,6)40(37(31,9)10)46-28-22-20-18-16-14-12-2/h37-38H,11-36H2,1-10H3;30-31H,11-29H2,1-10H3,(H,41,42)(H,43,44). The minimum atomic E-state index is -1.52. The highest BCUT2D eigenvalue weighted by atomic mass is 16.7. The molecule has 4 rings (SSSR count). The topological polar surface area (TPSA) is 177 Å². The van der Waals surface area contributed by atoms with Crippen molar-refractivity contribution in [1.29, 1.82) is 0 Å². The molecule has 4 saturated heterocycles. The van der Waals surface area contributed by atoms with E-state index >= 15 is 0 Å². The average molecular weight is 1390 g/mol. The molecule has 4 fully saturated rings. The molecule has 0 spiro atoms. The van der Waals surface area contributed by atoms with E-state index in [4.69, 9.17) is 28.8 Å². The third-order valence-corrected chi connectivity index (χ3v) is 23.2. The zero-order valence-corrected chi connectivity index (χ0v) is 67.4. The Kier molecular flexibility index (Phi) is 39.5. The average Bonchev–Trinajstić information content (AvgIpc) is 0.704. The van der Waals surface area contributed by atoms with Gasteiger partial charge in [0.2, 0.25) is 0 Å². The molecule has 0 aliphatic carbocycles. The van der Waals surface area contributed by atoms with Crippen LogP contribution in [-0.2, 0) is 48.0 Å². The first-order chi connectivity index (χ1) is 46.0. The van der Waals surface area contributed by atoms with Crippen LogP contribution in [0, 0.1) is 17.3 Å². The summed E-state index contributed by atoms with van der Waals surface area (Å²) >= 11 is 0. The van der Waals surface area contributed by atoms with Gasteiger partial charge in [0.25, 0.3) is 0 Å². The summed E-state index contributed by atoms with van der Waals surface area (Å²) in [5, 5.41) is 30.1. The highest BCUT2D eigenvalue weighted by molar-refractivity contribution is 5.83. The van der Waals surface area contributed by atoms with Gasteiger partial charge in [-0.05, 0) is 213 Å². The summed E-state index contributed by atoms with van der Waals surface area (Å²) in [5.41, 5.74) is -4.55. The summed E-state index contributed by atoms with van der Waals surface area (Å²) in [7, 11) is 0. The molecule has 4 heterocycles. The molecule has 2 N–H and O–H groups in total. The maximum Gasteiger partial charge on any atom is 0.310 e. The van der Waals surface area contributed by atoms with Crippen LogP contribution < -0.4 is 0 Å². The SMILES string of the molecule is CCCCCCCCON1C(C)(C)CCC(C(CC(=O)O)(C(=O)O)C2CCC(C)(C)N(OCCCCCCCC)C2(C)C)C1(C)C.CCCCCCCCON1C(C)(C)CCC(OC(=O)CCCCCCCCC(=O)OC2CCC(C)(C)N(OCCCCCCCC)C2(C)C)C1(C)C. The third-order valence-electron chi connectivity index (χ3n) is 23.2. The number of carboxylic acid groups (broad SMARTS) is 2. The summed E-state index contributed by atoms with van der Waals surface area (Å²) in [4.78, 5) is 78.3. The van der Waals surface area contributed by atoms with E-state index in [1.807, 2.05) is 10.1 Å². The molecule has 16 nitrogen and oxygen atoms in total. The molecule has 16 heteroatoms. The maximum atomic E-state index is 13.9. The summed E-state index contributed by atoms with van der Waals surface area (Å²) in [6.07, 6.45) is 40.9. The fourth-order valence-corrected chi connectivity index (χ4v) is 17.9. The van der Waals surface area contributed by atoms with E-state index in [9.17, 15) is 29.4 Å². The smallest absolute Gasteiger partial charge is 0.310 e. The van der Waals surface area contributed by atoms with Gasteiger partial charge in [-0.15, -0.1) is 0 Å². The number of hydrogen-bond donors (Lipinski definition) is 2. The summed E-state index contributed by atoms with van der Waals surface area (Å²) in [6.45, 7) is 46.0. The Hall–Kier alpha value is -2.44. The molecule has 0 aromatic carbocycles. The Morgan fingerprint density at radius 3 is 0.827 bits per heavy atom. The molecule has 0 aromatic heterocycles. The van der Waals surface area contributed by atoms with Crippen LogP contribution in [0.2, 0.25) is 0 Å². The molecular formula is C82H156N4O12. The van der Waals surface area contributed by atoms with E-state index < -0.39 is 46.7 Å². The number of aliphatic carboxylic acids is 2. The Bertz CT molecular complexity index is 2110. The number of rotatable bonds is 48. The van der Waals surface area contributed by atoms with Gasteiger partial charge in [-0.25, -0.2) is 0 Å². The van der Waals surface area contributed by atoms with E-state index in [1.165, 1.54) is 116 Å². The lowest BCUT2D eigenvalue weighted by atomic mass is 9.50. The molecule has 576 valence electrons. The van der Waals surface area contributed by atoms with Gasteiger partial charge in [0.15, 0.2) is 0 Å². The van der Waals surface area contributed by atoms with Crippen LogP contribution in [0.1, 0.15) is 402 Å². The second kappa shape index (κ2) is 43.1. The largest absolute Gasteiger partial charge is 0.481 e. The molecule has 0 aromatic rings. The first-order valence-corrected chi connectivity index (χ1v) is 40.6. The molecule has 0 radical (unpaired) electrons. The lowest BCUT2D eigenvalue weighted by Crippen LogP contribution is -2.72. The predicted octanol–water partition coefficient (Wildman–Crippen LogP) is 21.5. The van der Waals surface area contributed by atoms with Crippen molar-refractivity contribution in [3.8, 4) is 0 Å². The van der Waals surface area contributed by atoms with Crippen molar-refractivity contribution in [2.24, 2.45) is 17.3 Å². The highest BCUT2D eigenvalue weighted by Gasteiger charge is 2.67. The number of unbranched alkanes of at least 4 members (excludes halogenated alkanes) is 25. The molecule has 4 atom stereocenters. The zero-order valence-electron chi connectivity index (χ0n) is 67.4. The van der Waals surface area contributed by atoms with Crippen molar-refractivity contribution < 1.29 is 58.2 Å². The van der Waals surface area contributed by atoms with Gasteiger partial charge in [0.1, 0.15) is 12.2 Å². The quantitative estimate of drug-likeness (QED) is 0.0434. The Morgan fingerprint density at radius 2 is 0.571 bits per heavy atom. The van der Waals surface area contributed by atoms with E-state index in [0.29, 0.717) is 52.1 Å². The number of hydrogen-bond acceptors (Lipinski definition) is 14. The van der Waals surface area contributed by atoms with Gasteiger partial charge in [-0.2, -0.15) is 20.3 Å². The normalized spacial score (nSPS) is 24.0. The minimum Gasteiger partial charge on any atom is -0.481 e. The predicted molar refractivity (Wildman–Crippen MR) is 400 cm³/mol. The van der Waals surface area contributed by atoms with Crippen molar-refractivity contribution in [1.82, 2.24) is 20.3 Å². The van der Waals surface area contributed by atoms with Gasteiger partial charge < -0.3 is 19.7 Å². The van der Waals surface area contributed by atoms with Gasteiger partial charge in [-0.3, -0.25) is 38.5 Å². The number of piperidine rings is 4. The number of carbonyl (C=O) groups is 4. The number of carboxylic acids is 2. The Labute approximate surface area is 601 Å². The molecule has 4 unspecified atom stereocenters. The van der Waals surface area contributed by atoms with Crippen molar-refractivity contribution >= 4 is 23.9 Å². The van der Waals surface area contributed by atoms with Gasteiger partial charge in [-0.1, -0.05) is 182 Å². The fourth-order valence-electron chi connectivity index (χ4n) is 17.9. The van der Waals surface area contributed by atoms with Crippen LogP contribution in [0.3, 0.4) is 0 Å². The minimum absolute atomic E-state index is 0.0993. The zero-order chi connectivity index (χ0) is 73.5. The van der Waals surface area contributed by atoms with Crippen molar-refractivity contribution in [3.63, 3.8) is 0 Å². The van der Waals surface area contributed by atoms with E-state index in [-0.39, 0.29) is 57.4 Å². The molecular weight excluding hydrogens is 1230 g/mol. The van der Waals surface area contributed by atoms with Gasteiger partial charge in [0, 0.05) is 46.1 Å². The van der Waals surface area contributed by atoms with Crippen LogP contribution in [0.25, 0.3) is 0 Å². The number of nitrogens with zero attached hydrogens (tertiary/aromatic N) is 4. The molecule has 0 bridgehead atoms. The first kappa shape index (κ1) is 89.8. The number of hydroxylamine groups is 8. The lowest BCUT2D eigenvalue weighted by Gasteiger charge is -2.64. The first-order valence-electron chi connectivity index (χ1n) is 40.6. The molecule has 98 heavy (non-hydrogen) atoms. The van der Waals surface area contributed by atoms with Crippen molar-refractivity contribution in [2.75, 3.05) is 26.4 Å². The molecule has 4 aliphatic rings. The Morgan fingerprint density at radius 1 is 0.337 bits per heavy atom. The monoisotopic (exact) mass is 1390 g/mol.